The molecule has 1 aromatic rings. The molecule has 0 saturated heterocycles. The number of Topliss-reactive ketones (excluding diaryl/α,β-unsaturated/α-hetero) is 1. The van der Waals surface area contributed by atoms with E-state index in [0.717, 1.165) is 13.1 Å². The molecule has 18 heavy (non-hydrogen) atoms. The predicted octanol–water partition coefficient (Wildman–Crippen LogP) is 2.51. The number of nitro groups is 1. The van der Waals surface area contributed by atoms with Crippen LogP contribution in [0.2, 0.25) is 0 Å². The van der Waals surface area contributed by atoms with E-state index < -0.39 is 4.92 Å². The number of ketones is 1. The minimum absolute atomic E-state index is 0.0383. The Balaban J connectivity index is 2.67. The molecule has 0 amide bonds. The van der Waals surface area contributed by atoms with Crippen molar-refractivity contribution in [3.63, 3.8) is 0 Å². The number of hydrogen-bond acceptors (Lipinski definition) is 4. The van der Waals surface area contributed by atoms with E-state index in [1.807, 2.05) is 13.8 Å². The van der Waals surface area contributed by atoms with Gasteiger partial charge in [0.2, 0.25) is 0 Å². The summed E-state index contributed by atoms with van der Waals surface area (Å²) in [5.74, 6) is -0.0504. The summed E-state index contributed by atoms with van der Waals surface area (Å²) in [6, 6.07) is 5.89. The van der Waals surface area contributed by atoms with Crippen molar-refractivity contribution in [1.29, 1.82) is 0 Å². The second kappa shape index (κ2) is 6.86. The van der Waals surface area contributed by atoms with Gasteiger partial charge in [-0.3, -0.25) is 14.9 Å². The van der Waals surface area contributed by atoms with Crippen LogP contribution < -0.4 is 0 Å². The highest BCUT2D eigenvalue weighted by Gasteiger charge is 2.12. The summed E-state index contributed by atoms with van der Waals surface area (Å²) in [5.41, 5.74) is 0.375. The SMILES string of the molecule is CCN(CC)CCC(=O)c1cccc([N+](=O)[O-])c1. The summed E-state index contributed by atoms with van der Waals surface area (Å²) < 4.78 is 0. The fourth-order valence-corrected chi connectivity index (χ4v) is 1.74. The van der Waals surface area contributed by atoms with Crippen LogP contribution in [0.3, 0.4) is 0 Å². The molecule has 0 radical (unpaired) electrons. The standard InChI is InChI=1S/C13H18N2O3/c1-3-14(4-2)9-8-13(16)11-6-5-7-12(10-11)15(17)18/h5-7,10H,3-4,8-9H2,1-2H3. The first kappa shape index (κ1) is 14.3. The van der Waals surface area contributed by atoms with Crippen LogP contribution in [-0.2, 0) is 0 Å². The largest absolute Gasteiger partial charge is 0.303 e. The number of benzene rings is 1. The minimum Gasteiger partial charge on any atom is -0.303 e. The zero-order chi connectivity index (χ0) is 13.5. The number of carbonyl (C=O) groups excluding carboxylic acids is 1. The van der Waals surface area contributed by atoms with Crippen LogP contribution in [0.25, 0.3) is 0 Å². The topological polar surface area (TPSA) is 63.5 Å². The maximum absolute atomic E-state index is 11.9. The number of hydrogen-bond donors (Lipinski definition) is 0. The predicted molar refractivity (Wildman–Crippen MR) is 69.8 cm³/mol. The molecule has 1 aromatic carbocycles. The van der Waals surface area contributed by atoms with Gasteiger partial charge in [-0.2, -0.15) is 0 Å². The van der Waals surface area contributed by atoms with E-state index in [9.17, 15) is 14.9 Å². The molecule has 98 valence electrons. The molecule has 0 unspecified atom stereocenters. The van der Waals surface area contributed by atoms with Crippen molar-refractivity contribution in [3.8, 4) is 0 Å². The lowest BCUT2D eigenvalue weighted by Gasteiger charge is -2.16. The van der Waals surface area contributed by atoms with Gasteiger partial charge < -0.3 is 4.90 Å². The van der Waals surface area contributed by atoms with E-state index in [1.54, 1.807) is 12.1 Å². The van der Waals surface area contributed by atoms with Gasteiger partial charge >= 0.3 is 0 Å². The Bertz CT molecular complexity index is 428. The van der Waals surface area contributed by atoms with Crippen molar-refractivity contribution < 1.29 is 9.72 Å². The molecule has 5 heteroatoms. The first-order chi connectivity index (χ1) is 8.58. The molecular formula is C13H18N2O3. The van der Waals surface area contributed by atoms with E-state index in [-0.39, 0.29) is 11.5 Å². The second-order valence-electron chi connectivity index (χ2n) is 4.01. The molecule has 0 heterocycles. The molecule has 0 N–H and O–H groups in total. The molecule has 0 atom stereocenters. The van der Waals surface area contributed by atoms with E-state index in [1.165, 1.54) is 12.1 Å². The van der Waals surface area contributed by atoms with Crippen LogP contribution in [0.1, 0.15) is 30.6 Å². The zero-order valence-corrected chi connectivity index (χ0v) is 10.8. The average molecular weight is 250 g/mol. The van der Waals surface area contributed by atoms with E-state index in [2.05, 4.69) is 4.90 Å². The highest BCUT2D eigenvalue weighted by molar-refractivity contribution is 5.96. The Labute approximate surface area is 107 Å². The Morgan fingerprint density at radius 3 is 2.56 bits per heavy atom. The van der Waals surface area contributed by atoms with E-state index in [4.69, 9.17) is 0 Å². The molecule has 5 nitrogen and oxygen atoms in total. The van der Waals surface area contributed by atoms with Crippen LogP contribution in [-0.4, -0.2) is 35.2 Å². The summed E-state index contributed by atoms with van der Waals surface area (Å²) in [5, 5.41) is 10.6. The first-order valence-electron chi connectivity index (χ1n) is 6.08. The van der Waals surface area contributed by atoms with Crippen molar-refractivity contribution in [3.05, 3.63) is 39.9 Å². The maximum Gasteiger partial charge on any atom is 0.270 e. The minimum atomic E-state index is -0.485. The fourth-order valence-electron chi connectivity index (χ4n) is 1.74. The Morgan fingerprint density at radius 2 is 2.00 bits per heavy atom. The highest BCUT2D eigenvalue weighted by Crippen LogP contribution is 2.14. The third kappa shape index (κ3) is 3.92. The van der Waals surface area contributed by atoms with Crippen LogP contribution in [0.5, 0.6) is 0 Å². The number of nitrogens with zero attached hydrogens (tertiary/aromatic N) is 2. The van der Waals surface area contributed by atoms with Crippen molar-refractivity contribution in [2.24, 2.45) is 0 Å². The lowest BCUT2D eigenvalue weighted by Crippen LogP contribution is -2.25. The van der Waals surface area contributed by atoms with Crippen molar-refractivity contribution in [2.45, 2.75) is 20.3 Å². The van der Waals surface area contributed by atoms with Crippen LogP contribution in [0.4, 0.5) is 5.69 Å². The second-order valence-corrected chi connectivity index (χ2v) is 4.01. The number of carbonyl (C=O) groups is 1. The van der Waals surface area contributed by atoms with Crippen molar-refractivity contribution in [1.82, 2.24) is 4.90 Å². The quantitative estimate of drug-likeness (QED) is 0.424. The third-order valence-electron chi connectivity index (χ3n) is 2.93. The van der Waals surface area contributed by atoms with Crippen molar-refractivity contribution >= 4 is 11.5 Å². The number of nitro benzene ring substituents is 1. The normalized spacial score (nSPS) is 10.6. The van der Waals surface area contributed by atoms with Crippen LogP contribution in [0, 0.1) is 10.1 Å². The number of rotatable bonds is 7. The fraction of sp³-hybridized carbons (Fsp3) is 0.462. The summed E-state index contributed by atoms with van der Waals surface area (Å²) in [6.07, 6.45) is 0.392. The lowest BCUT2D eigenvalue weighted by atomic mass is 10.1. The molecule has 0 spiro atoms. The molecule has 0 aromatic heterocycles. The maximum atomic E-state index is 11.9. The summed E-state index contributed by atoms with van der Waals surface area (Å²) in [7, 11) is 0. The molecule has 1 rings (SSSR count). The molecule has 0 aliphatic carbocycles. The molecular weight excluding hydrogens is 232 g/mol. The molecule has 0 bridgehead atoms. The smallest absolute Gasteiger partial charge is 0.270 e. The molecule has 0 aliphatic rings. The summed E-state index contributed by atoms with van der Waals surface area (Å²) in [6.45, 7) is 6.58. The van der Waals surface area contributed by atoms with Gasteiger partial charge in [0, 0.05) is 30.7 Å². The van der Waals surface area contributed by atoms with Gasteiger partial charge in [-0.15, -0.1) is 0 Å². The van der Waals surface area contributed by atoms with Crippen molar-refractivity contribution in [2.75, 3.05) is 19.6 Å². The van der Waals surface area contributed by atoms with Gasteiger partial charge in [0.25, 0.3) is 5.69 Å². The third-order valence-corrected chi connectivity index (χ3v) is 2.93. The van der Waals surface area contributed by atoms with Gasteiger partial charge in [0.05, 0.1) is 4.92 Å². The van der Waals surface area contributed by atoms with Crippen LogP contribution in [0.15, 0.2) is 24.3 Å². The lowest BCUT2D eigenvalue weighted by molar-refractivity contribution is -0.384. The van der Waals surface area contributed by atoms with Gasteiger partial charge in [-0.1, -0.05) is 26.0 Å². The van der Waals surface area contributed by atoms with Crippen LogP contribution >= 0.6 is 0 Å². The Morgan fingerprint density at radius 1 is 1.33 bits per heavy atom. The molecule has 0 saturated carbocycles. The van der Waals surface area contributed by atoms with Gasteiger partial charge in [0.1, 0.15) is 0 Å². The highest BCUT2D eigenvalue weighted by atomic mass is 16.6. The number of non-ortho nitro benzene ring substituents is 1. The van der Waals surface area contributed by atoms with Gasteiger partial charge in [0.15, 0.2) is 5.78 Å². The Kier molecular flexibility index (Phi) is 5.45. The van der Waals surface area contributed by atoms with Gasteiger partial charge in [-0.05, 0) is 13.1 Å². The molecule has 0 fully saturated rings. The van der Waals surface area contributed by atoms with Gasteiger partial charge in [-0.25, -0.2) is 0 Å². The van der Waals surface area contributed by atoms with E-state index in [0.29, 0.717) is 18.5 Å². The zero-order valence-electron chi connectivity index (χ0n) is 10.8. The van der Waals surface area contributed by atoms with E-state index >= 15 is 0 Å². The summed E-state index contributed by atoms with van der Waals surface area (Å²) >= 11 is 0. The Hall–Kier alpha value is -1.75. The first-order valence-corrected chi connectivity index (χ1v) is 6.08. The summed E-state index contributed by atoms with van der Waals surface area (Å²) in [4.78, 5) is 24.2. The average Bonchev–Trinajstić information content (AvgIpc) is 2.39. The molecule has 0 aliphatic heterocycles. The monoisotopic (exact) mass is 250 g/mol.